The Morgan fingerprint density at radius 1 is 1.10 bits per heavy atom. The second-order valence-electron chi connectivity index (χ2n) is 4.76. The van der Waals surface area contributed by atoms with Crippen molar-refractivity contribution in [3.05, 3.63) is 63.6 Å². The van der Waals surface area contributed by atoms with Gasteiger partial charge in [-0.2, -0.15) is 0 Å². The van der Waals surface area contributed by atoms with Gasteiger partial charge in [-0.3, -0.25) is 0 Å². The Kier molecular flexibility index (Phi) is 5.16. The molecular weight excluding hydrogens is 352 g/mol. The Morgan fingerprint density at radius 2 is 1.71 bits per heavy atom. The molecule has 2 aromatic carbocycles. The number of hydrogen-bond acceptors (Lipinski definition) is 3. The third-order valence-corrected chi connectivity index (χ3v) is 5.45. The van der Waals surface area contributed by atoms with E-state index >= 15 is 0 Å². The number of benzene rings is 2. The predicted molar refractivity (Wildman–Crippen MR) is 87.2 cm³/mol. The van der Waals surface area contributed by atoms with Crippen LogP contribution in [0.25, 0.3) is 0 Å². The number of nitrogens with one attached hydrogen (secondary N) is 1. The molecule has 0 amide bonds. The Morgan fingerprint density at radius 3 is 2.29 bits per heavy atom. The van der Waals surface area contributed by atoms with Crippen LogP contribution in [0.1, 0.15) is 16.7 Å². The molecule has 2 rings (SSSR count). The lowest BCUT2D eigenvalue weighted by Gasteiger charge is -2.09. The predicted octanol–water partition coefficient (Wildman–Crippen LogP) is 2.69. The molecule has 0 aromatic heterocycles. The van der Waals surface area contributed by atoms with Crippen molar-refractivity contribution in [3.63, 3.8) is 0 Å². The molecule has 112 valence electrons. The number of halogens is 1. The normalized spacial score (nSPS) is 11.6. The smallest absolute Gasteiger partial charge is 0.240 e. The Labute approximate surface area is 133 Å². The molecule has 0 aliphatic rings. The van der Waals surface area contributed by atoms with Gasteiger partial charge < -0.3 is 5.73 Å². The molecule has 0 bridgehead atoms. The van der Waals surface area contributed by atoms with Crippen LogP contribution in [0.3, 0.4) is 0 Å². The van der Waals surface area contributed by atoms with Gasteiger partial charge in [0.15, 0.2) is 0 Å². The highest BCUT2D eigenvalue weighted by Crippen LogP contribution is 2.20. The highest BCUT2D eigenvalue weighted by molar-refractivity contribution is 9.10. The van der Waals surface area contributed by atoms with E-state index in [0.717, 1.165) is 21.2 Å². The third kappa shape index (κ3) is 4.14. The van der Waals surface area contributed by atoms with Gasteiger partial charge in [-0.25, -0.2) is 13.1 Å². The van der Waals surface area contributed by atoms with Crippen molar-refractivity contribution in [2.24, 2.45) is 5.73 Å². The molecule has 0 fully saturated rings. The summed E-state index contributed by atoms with van der Waals surface area (Å²) in [6.07, 6.45) is 0. The summed E-state index contributed by atoms with van der Waals surface area (Å²) in [5.41, 5.74) is 8.32. The van der Waals surface area contributed by atoms with Crippen LogP contribution >= 0.6 is 15.9 Å². The monoisotopic (exact) mass is 368 g/mol. The largest absolute Gasteiger partial charge is 0.326 e. The Balaban J connectivity index is 2.11. The highest BCUT2D eigenvalue weighted by Gasteiger charge is 2.14. The maximum absolute atomic E-state index is 12.2. The van der Waals surface area contributed by atoms with Gasteiger partial charge in [0.2, 0.25) is 10.0 Å². The number of rotatable bonds is 5. The van der Waals surface area contributed by atoms with E-state index in [-0.39, 0.29) is 11.4 Å². The minimum absolute atomic E-state index is 0.252. The van der Waals surface area contributed by atoms with Gasteiger partial charge in [-0.1, -0.05) is 40.2 Å². The lowest BCUT2D eigenvalue weighted by molar-refractivity contribution is 0.581. The lowest BCUT2D eigenvalue weighted by Crippen LogP contribution is -2.23. The van der Waals surface area contributed by atoms with Gasteiger partial charge >= 0.3 is 0 Å². The van der Waals surface area contributed by atoms with E-state index in [1.54, 1.807) is 18.2 Å². The average Bonchev–Trinajstić information content (AvgIpc) is 2.48. The van der Waals surface area contributed by atoms with Crippen molar-refractivity contribution in [1.82, 2.24) is 4.72 Å². The first-order chi connectivity index (χ1) is 9.92. The molecule has 0 radical (unpaired) electrons. The Hall–Kier alpha value is -1.21. The summed E-state index contributed by atoms with van der Waals surface area (Å²) < 4.78 is 28.0. The van der Waals surface area contributed by atoms with Crippen LogP contribution in [0.5, 0.6) is 0 Å². The third-order valence-electron chi connectivity index (χ3n) is 3.16. The van der Waals surface area contributed by atoms with Crippen LogP contribution in [0.15, 0.2) is 51.8 Å². The van der Waals surface area contributed by atoms with Crippen LogP contribution in [0.2, 0.25) is 0 Å². The lowest BCUT2D eigenvalue weighted by atomic mass is 10.1. The topological polar surface area (TPSA) is 72.2 Å². The van der Waals surface area contributed by atoms with Gasteiger partial charge in [0.05, 0.1) is 4.90 Å². The fourth-order valence-corrected chi connectivity index (χ4v) is 3.19. The van der Waals surface area contributed by atoms with Gasteiger partial charge in [0.25, 0.3) is 0 Å². The summed E-state index contributed by atoms with van der Waals surface area (Å²) in [5, 5.41) is 0. The minimum atomic E-state index is -3.51. The first kappa shape index (κ1) is 16.2. The summed E-state index contributed by atoms with van der Waals surface area (Å²) in [7, 11) is -3.51. The second-order valence-corrected chi connectivity index (χ2v) is 7.38. The molecule has 0 aliphatic carbocycles. The molecule has 21 heavy (non-hydrogen) atoms. The van der Waals surface area contributed by atoms with E-state index in [1.165, 1.54) is 0 Å². The quantitative estimate of drug-likeness (QED) is 0.851. The van der Waals surface area contributed by atoms with Gasteiger partial charge in [-0.15, -0.1) is 0 Å². The van der Waals surface area contributed by atoms with Crippen LogP contribution in [0, 0.1) is 6.92 Å². The zero-order chi connectivity index (χ0) is 15.5. The molecule has 3 N–H and O–H groups in total. The molecule has 6 heteroatoms. The maximum Gasteiger partial charge on any atom is 0.240 e. The van der Waals surface area contributed by atoms with Crippen molar-refractivity contribution in [3.8, 4) is 0 Å². The Bertz CT molecular complexity index is 728. The van der Waals surface area contributed by atoms with Crippen LogP contribution in [-0.4, -0.2) is 8.42 Å². The molecule has 0 unspecified atom stereocenters. The minimum Gasteiger partial charge on any atom is -0.326 e. The van der Waals surface area contributed by atoms with E-state index in [1.807, 2.05) is 31.2 Å². The standard InChI is InChI=1S/C15H17BrN2O2S/c1-11-8-14(6-7-15(11)16)21(19,20)18-10-13-4-2-12(9-17)3-5-13/h2-8,18H,9-10,17H2,1H3. The zero-order valence-corrected chi connectivity index (χ0v) is 14.0. The molecule has 2 aromatic rings. The molecule has 0 aliphatic heterocycles. The molecule has 0 saturated heterocycles. The van der Waals surface area contributed by atoms with Gasteiger partial charge in [0, 0.05) is 17.6 Å². The zero-order valence-electron chi connectivity index (χ0n) is 11.6. The van der Waals surface area contributed by atoms with E-state index in [0.29, 0.717) is 6.54 Å². The number of nitrogens with two attached hydrogens (primary N) is 1. The molecular formula is C15H17BrN2O2S. The maximum atomic E-state index is 12.2. The fraction of sp³-hybridized carbons (Fsp3) is 0.200. The van der Waals surface area contributed by atoms with E-state index in [9.17, 15) is 8.42 Å². The summed E-state index contributed by atoms with van der Waals surface area (Å²) in [6, 6.07) is 12.5. The summed E-state index contributed by atoms with van der Waals surface area (Å²) in [4.78, 5) is 0.266. The van der Waals surface area contributed by atoms with Crippen LogP contribution in [0.4, 0.5) is 0 Å². The van der Waals surface area contributed by atoms with Crippen molar-refractivity contribution in [2.45, 2.75) is 24.9 Å². The fourth-order valence-electron chi connectivity index (χ4n) is 1.84. The van der Waals surface area contributed by atoms with Crippen LogP contribution < -0.4 is 10.5 Å². The van der Waals surface area contributed by atoms with Crippen molar-refractivity contribution < 1.29 is 8.42 Å². The highest BCUT2D eigenvalue weighted by atomic mass is 79.9. The molecule has 0 saturated carbocycles. The van der Waals surface area contributed by atoms with E-state index in [4.69, 9.17) is 5.73 Å². The van der Waals surface area contributed by atoms with Gasteiger partial charge in [0.1, 0.15) is 0 Å². The first-order valence-electron chi connectivity index (χ1n) is 6.46. The second kappa shape index (κ2) is 6.70. The molecule has 0 spiro atoms. The number of sulfonamides is 1. The summed E-state index contributed by atoms with van der Waals surface area (Å²) >= 11 is 3.36. The molecule has 4 nitrogen and oxygen atoms in total. The van der Waals surface area contributed by atoms with Crippen molar-refractivity contribution >= 4 is 26.0 Å². The molecule has 0 atom stereocenters. The first-order valence-corrected chi connectivity index (χ1v) is 8.74. The van der Waals surface area contributed by atoms with E-state index in [2.05, 4.69) is 20.7 Å². The van der Waals surface area contributed by atoms with Gasteiger partial charge in [-0.05, 0) is 41.8 Å². The van der Waals surface area contributed by atoms with Crippen molar-refractivity contribution in [1.29, 1.82) is 0 Å². The van der Waals surface area contributed by atoms with Crippen LogP contribution in [-0.2, 0) is 23.1 Å². The number of hydrogen-bond donors (Lipinski definition) is 2. The average molecular weight is 369 g/mol. The van der Waals surface area contributed by atoms with E-state index < -0.39 is 10.0 Å². The summed E-state index contributed by atoms with van der Waals surface area (Å²) in [6.45, 7) is 2.58. The van der Waals surface area contributed by atoms with Crippen molar-refractivity contribution in [2.75, 3.05) is 0 Å². The summed E-state index contributed by atoms with van der Waals surface area (Å²) in [5.74, 6) is 0. The number of aryl methyl sites for hydroxylation is 1. The SMILES string of the molecule is Cc1cc(S(=O)(=O)NCc2ccc(CN)cc2)ccc1Br. The molecule has 0 heterocycles.